The van der Waals surface area contributed by atoms with E-state index in [1.165, 1.54) is 82.0 Å². The zero-order valence-corrected chi connectivity index (χ0v) is 20.0. The van der Waals surface area contributed by atoms with Crippen LogP contribution in [0, 0.1) is 0 Å². The van der Waals surface area contributed by atoms with Gasteiger partial charge in [-0.3, -0.25) is 4.57 Å². The zero-order valence-electron chi connectivity index (χ0n) is 19.1. The lowest BCUT2D eigenvalue weighted by atomic mass is 10.1. The second-order valence-corrected chi connectivity index (χ2v) is 9.90. The average molecular weight is 407 g/mol. The van der Waals surface area contributed by atoms with Crippen LogP contribution in [0.1, 0.15) is 98.8 Å². The molecule has 0 unspecified atom stereocenters. The highest BCUT2D eigenvalue weighted by Gasteiger charge is 2.22. The molecule has 0 fully saturated rings. The molecule has 0 spiro atoms. The van der Waals surface area contributed by atoms with Gasteiger partial charge in [0.2, 0.25) is 0 Å². The van der Waals surface area contributed by atoms with Crippen molar-refractivity contribution in [3.05, 3.63) is 0 Å². The Morgan fingerprint density at radius 2 is 0.963 bits per heavy atom. The van der Waals surface area contributed by atoms with Gasteiger partial charge in [0, 0.05) is 0 Å². The summed E-state index contributed by atoms with van der Waals surface area (Å²) in [6.45, 7) is 16.9. The van der Waals surface area contributed by atoms with E-state index in [1.807, 2.05) is 13.8 Å². The van der Waals surface area contributed by atoms with Crippen molar-refractivity contribution < 1.29 is 18.1 Å². The first kappa shape index (κ1) is 27.1. The monoisotopic (exact) mass is 406 g/mol. The third-order valence-electron chi connectivity index (χ3n) is 5.98. The average Bonchev–Trinajstić information content (AvgIpc) is 2.66. The minimum Gasteiger partial charge on any atom is -0.324 e. The maximum atomic E-state index is 12.3. The van der Waals surface area contributed by atoms with Gasteiger partial charge in [0.05, 0.1) is 45.6 Å². The number of quaternary nitrogens is 1. The Morgan fingerprint density at radius 3 is 1.33 bits per heavy atom. The molecule has 0 aliphatic carbocycles. The molecular weight excluding hydrogens is 357 g/mol. The summed E-state index contributed by atoms with van der Waals surface area (Å²) >= 11 is 0. The van der Waals surface area contributed by atoms with Crippen molar-refractivity contribution in [3.63, 3.8) is 0 Å². The standard InChI is InChI=1S/C22H49NO3P/c1-6-23(7-2,8-3)21-19-17-15-13-11-12-14-16-18-20-22-27(24,25-9-4)26-10-5/h6-22H2,1-5H3/q+1. The van der Waals surface area contributed by atoms with Crippen molar-refractivity contribution in [2.75, 3.05) is 45.6 Å². The van der Waals surface area contributed by atoms with Gasteiger partial charge < -0.3 is 13.5 Å². The van der Waals surface area contributed by atoms with E-state index in [4.69, 9.17) is 9.05 Å². The van der Waals surface area contributed by atoms with Gasteiger partial charge in [-0.05, 0) is 53.9 Å². The first-order chi connectivity index (χ1) is 13.0. The van der Waals surface area contributed by atoms with E-state index in [1.54, 1.807) is 0 Å². The van der Waals surface area contributed by atoms with Crippen LogP contribution in [0.2, 0.25) is 0 Å². The van der Waals surface area contributed by atoms with Crippen LogP contribution in [0.4, 0.5) is 0 Å². The highest BCUT2D eigenvalue weighted by atomic mass is 31.2. The molecule has 27 heavy (non-hydrogen) atoms. The molecule has 0 aliphatic heterocycles. The van der Waals surface area contributed by atoms with E-state index in [0.29, 0.717) is 19.4 Å². The second kappa shape index (κ2) is 17.0. The summed E-state index contributed by atoms with van der Waals surface area (Å²) in [5, 5.41) is 0. The summed E-state index contributed by atoms with van der Waals surface area (Å²) < 4.78 is 24.3. The van der Waals surface area contributed by atoms with Gasteiger partial charge in [0.25, 0.3) is 0 Å². The first-order valence-electron chi connectivity index (χ1n) is 11.7. The number of rotatable bonds is 20. The van der Waals surface area contributed by atoms with Crippen LogP contribution in [0.5, 0.6) is 0 Å². The number of unbranched alkanes of at least 4 members (excludes halogenated alkanes) is 9. The third-order valence-corrected chi connectivity index (χ3v) is 8.15. The lowest BCUT2D eigenvalue weighted by Gasteiger charge is -2.35. The smallest absolute Gasteiger partial charge is 0.324 e. The van der Waals surface area contributed by atoms with E-state index < -0.39 is 7.60 Å². The summed E-state index contributed by atoms with van der Waals surface area (Å²) in [7, 11) is -2.82. The van der Waals surface area contributed by atoms with E-state index in [0.717, 1.165) is 12.8 Å². The summed E-state index contributed by atoms with van der Waals surface area (Å²) in [5.41, 5.74) is 0. The normalized spacial score (nSPS) is 12.6. The minimum atomic E-state index is -2.82. The van der Waals surface area contributed by atoms with Crippen LogP contribution >= 0.6 is 7.60 Å². The molecule has 0 aromatic carbocycles. The molecule has 0 atom stereocenters. The van der Waals surface area contributed by atoms with Crippen molar-refractivity contribution in [1.29, 1.82) is 0 Å². The molecule has 0 rings (SSSR count). The molecule has 164 valence electrons. The SMILES string of the molecule is CCOP(=O)(CCCCCCCCCCCC[N+](CC)(CC)CC)OCC. The first-order valence-corrected chi connectivity index (χ1v) is 13.5. The van der Waals surface area contributed by atoms with Crippen molar-refractivity contribution in [3.8, 4) is 0 Å². The Balaban J connectivity index is 3.54. The molecule has 0 radical (unpaired) electrons. The number of hydrogen-bond donors (Lipinski definition) is 0. The fraction of sp³-hybridized carbons (Fsp3) is 1.00. The highest BCUT2D eigenvalue weighted by molar-refractivity contribution is 7.53. The lowest BCUT2D eigenvalue weighted by molar-refractivity contribution is -0.923. The Labute approximate surface area is 170 Å². The van der Waals surface area contributed by atoms with Gasteiger partial charge in [-0.25, -0.2) is 0 Å². The van der Waals surface area contributed by atoms with Gasteiger partial charge in [0.1, 0.15) is 0 Å². The molecule has 5 heteroatoms. The minimum absolute atomic E-state index is 0.465. The van der Waals surface area contributed by atoms with Crippen LogP contribution in [0.25, 0.3) is 0 Å². The predicted molar refractivity (Wildman–Crippen MR) is 119 cm³/mol. The molecule has 0 saturated carbocycles. The summed E-state index contributed by atoms with van der Waals surface area (Å²) in [6, 6.07) is 0. The molecular formula is C22H49NO3P+. The lowest BCUT2D eigenvalue weighted by Crippen LogP contribution is -2.48. The molecule has 0 heterocycles. The van der Waals surface area contributed by atoms with Gasteiger partial charge in [-0.1, -0.05) is 44.9 Å². The molecule has 0 N–H and O–H groups in total. The highest BCUT2D eigenvalue weighted by Crippen LogP contribution is 2.48. The van der Waals surface area contributed by atoms with Crippen molar-refractivity contribution in [1.82, 2.24) is 0 Å². The molecule has 0 aromatic heterocycles. The van der Waals surface area contributed by atoms with E-state index in [2.05, 4.69) is 20.8 Å². The maximum Gasteiger partial charge on any atom is 0.330 e. The molecule has 0 aliphatic rings. The number of nitrogens with zero attached hydrogens (tertiary/aromatic N) is 1. The Morgan fingerprint density at radius 1 is 0.593 bits per heavy atom. The Bertz CT molecular complexity index is 354. The van der Waals surface area contributed by atoms with Crippen molar-refractivity contribution >= 4 is 7.60 Å². The maximum absolute atomic E-state index is 12.3. The Kier molecular flexibility index (Phi) is 17.1. The van der Waals surface area contributed by atoms with E-state index in [9.17, 15) is 4.57 Å². The van der Waals surface area contributed by atoms with E-state index >= 15 is 0 Å². The van der Waals surface area contributed by atoms with Crippen LogP contribution in [0.15, 0.2) is 0 Å². The molecule has 4 nitrogen and oxygen atoms in total. The fourth-order valence-electron chi connectivity index (χ4n) is 3.87. The van der Waals surface area contributed by atoms with Crippen LogP contribution in [0.3, 0.4) is 0 Å². The number of hydrogen-bond acceptors (Lipinski definition) is 3. The van der Waals surface area contributed by atoms with Crippen molar-refractivity contribution in [2.45, 2.75) is 98.8 Å². The molecule has 0 bridgehead atoms. The van der Waals surface area contributed by atoms with E-state index in [-0.39, 0.29) is 0 Å². The Hall–Kier alpha value is 0.110. The van der Waals surface area contributed by atoms with Gasteiger partial charge in [0.15, 0.2) is 0 Å². The van der Waals surface area contributed by atoms with Gasteiger partial charge in [-0.2, -0.15) is 0 Å². The molecule has 0 amide bonds. The zero-order chi connectivity index (χ0) is 20.4. The van der Waals surface area contributed by atoms with Crippen LogP contribution < -0.4 is 0 Å². The van der Waals surface area contributed by atoms with Gasteiger partial charge >= 0.3 is 7.60 Å². The molecule has 0 saturated heterocycles. The largest absolute Gasteiger partial charge is 0.330 e. The quantitative estimate of drug-likeness (QED) is 0.124. The summed E-state index contributed by atoms with van der Waals surface area (Å²) in [4.78, 5) is 0. The molecule has 0 aromatic rings. The van der Waals surface area contributed by atoms with Gasteiger partial charge in [-0.15, -0.1) is 0 Å². The van der Waals surface area contributed by atoms with Crippen LogP contribution in [-0.2, 0) is 13.6 Å². The van der Waals surface area contributed by atoms with Crippen molar-refractivity contribution in [2.24, 2.45) is 0 Å². The fourth-order valence-corrected chi connectivity index (χ4v) is 5.60. The van der Waals surface area contributed by atoms with Crippen LogP contribution in [-0.4, -0.2) is 50.0 Å². The second-order valence-electron chi connectivity index (χ2n) is 7.72. The third kappa shape index (κ3) is 13.0. The summed E-state index contributed by atoms with van der Waals surface area (Å²) in [6.07, 6.45) is 13.5. The summed E-state index contributed by atoms with van der Waals surface area (Å²) in [5.74, 6) is 0. The predicted octanol–water partition coefficient (Wildman–Crippen LogP) is 7.03. The topological polar surface area (TPSA) is 35.5 Å².